The van der Waals surface area contributed by atoms with Crippen LogP contribution in [0.25, 0.3) is 0 Å². The first kappa shape index (κ1) is 21.7. The standard InChI is InChI=1S/C19H32N4O3S/c1-4-21-18(23-15-19(9-6-10-19)11-12-26-3)22-14-16-7-5-8-17(13-16)27(24,25)20-2/h5,7-8,13,20H,4,6,9-12,14-15H2,1-3H3,(H2,21,22,23). The molecule has 0 spiro atoms. The van der Waals surface area contributed by atoms with E-state index < -0.39 is 10.0 Å². The van der Waals surface area contributed by atoms with Gasteiger partial charge in [-0.15, -0.1) is 0 Å². The van der Waals surface area contributed by atoms with E-state index in [-0.39, 0.29) is 4.90 Å². The first-order valence-corrected chi connectivity index (χ1v) is 11.0. The molecule has 1 aromatic rings. The van der Waals surface area contributed by atoms with Crippen LogP contribution in [0.3, 0.4) is 0 Å². The summed E-state index contributed by atoms with van der Waals surface area (Å²) in [7, 11) is -0.292. The summed E-state index contributed by atoms with van der Waals surface area (Å²) in [6, 6.07) is 6.86. The van der Waals surface area contributed by atoms with E-state index >= 15 is 0 Å². The van der Waals surface area contributed by atoms with Gasteiger partial charge < -0.3 is 15.4 Å². The van der Waals surface area contributed by atoms with E-state index in [0.717, 1.165) is 37.6 Å². The molecule has 1 aliphatic carbocycles. The lowest BCUT2D eigenvalue weighted by molar-refractivity contribution is 0.0732. The Morgan fingerprint density at radius 1 is 1.30 bits per heavy atom. The number of nitrogens with one attached hydrogen (secondary N) is 3. The second kappa shape index (κ2) is 10.1. The van der Waals surface area contributed by atoms with Gasteiger partial charge in [0.15, 0.2) is 5.96 Å². The van der Waals surface area contributed by atoms with E-state index in [0.29, 0.717) is 12.0 Å². The van der Waals surface area contributed by atoms with Gasteiger partial charge in [-0.1, -0.05) is 18.6 Å². The molecular formula is C19H32N4O3S. The molecule has 0 bridgehead atoms. The number of hydrogen-bond donors (Lipinski definition) is 3. The maximum absolute atomic E-state index is 12.0. The first-order valence-electron chi connectivity index (χ1n) is 9.48. The van der Waals surface area contributed by atoms with Gasteiger partial charge in [0.1, 0.15) is 0 Å². The molecule has 0 aromatic heterocycles. The molecule has 2 rings (SSSR count). The van der Waals surface area contributed by atoms with Crippen molar-refractivity contribution in [1.82, 2.24) is 15.4 Å². The largest absolute Gasteiger partial charge is 0.385 e. The predicted octanol–water partition coefficient (Wildman–Crippen LogP) is 1.86. The molecule has 152 valence electrons. The maximum atomic E-state index is 12.0. The van der Waals surface area contributed by atoms with Crippen molar-refractivity contribution in [2.75, 3.05) is 33.9 Å². The van der Waals surface area contributed by atoms with Crippen molar-refractivity contribution in [3.05, 3.63) is 29.8 Å². The van der Waals surface area contributed by atoms with Gasteiger partial charge in [-0.3, -0.25) is 0 Å². The summed E-state index contributed by atoms with van der Waals surface area (Å²) in [5.74, 6) is 0.753. The fourth-order valence-electron chi connectivity index (χ4n) is 3.22. The highest BCUT2D eigenvalue weighted by molar-refractivity contribution is 7.89. The molecule has 1 fully saturated rings. The molecule has 1 aromatic carbocycles. The minimum absolute atomic E-state index is 0.253. The molecule has 7 nitrogen and oxygen atoms in total. The summed E-state index contributed by atoms with van der Waals surface area (Å²) in [6.45, 7) is 4.86. The number of nitrogens with zero attached hydrogens (tertiary/aromatic N) is 1. The molecule has 0 heterocycles. The lowest BCUT2D eigenvalue weighted by Crippen LogP contribution is -2.46. The van der Waals surface area contributed by atoms with Crippen LogP contribution in [0.2, 0.25) is 0 Å². The highest BCUT2D eigenvalue weighted by Crippen LogP contribution is 2.43. The molecule has 3 N–H and O–H groups in total. The molecule has 0 atom stereocenters. The Morgan fingerprint density at radius 3 is 2.67 bits per heavy atom. The van der Waals surface area contributed by atoms with Crippen LogP contribution in [0.5, 0.6) is 0 Å². The van der Waals surface area contributed by atoms with E-state index in [1.54, 1.807) is 25.3 Å². The summed E-state index contributed by atoms with van der Waals surface area (Å²) in [4.78, 5) is 4.88. The van der Waals surface area contributed by atoms with E-state index in [4.69, 9.17) is 4.74 Å². The minimum atomic E-state index is -3.45. The van der Waals surface area contributed by atoms with Gasteiger partial charge in [-0.2, -0.15) is 0 Å². The molecule has 27 heavy (non-hydrogen) atoms. The molecule has 0 aliphatic heterocycles. The van der Waals surface area contributed by atoms with Crippen molar-refractivity contribution < 1.29 is 13.2 Å². The number of rotatable bonds is 10. The number of ether oxygens (including phenoxy) is 1. The maximum Gasteiger partial charge on any atom is 0.240 e. The minimum Gasteiger partial charge on any atom is -0.385 e. The van der Waals surface area contributed by atoms with Gasteiger partial charge in [-0.05, 0) is 56.3 Å². The Hall–Kier alpha value is -1.64. The summed E-state index contributed by atoms with van der Waals surface area (Å²) in [5, 5.41) is 6.71. The summed E-state index contributed by atoms with van der Waals surface area (Å²) < 4.78 is 31.5. The molecular weight excluding hydrogens is 364 g/mol. The van der Waals surface area contributed by atoms with Crippen LogP contribution in [0.1, 0.15) is 38.2 Å². The van der Waals surface area contributed by atoms with Crippen LogP contribution in [-0.4, -0.2) is 48.2 Å². The van der Waals surface area contributed by atoms with E-state index in [1.807, 2.05) is 13.0 Å². The summed E-state index contributed by atoms with van der Waals surface area (Å²) >= 11 is 0. The topological polar surface area (TPSA) is 91.8 Å². The summed E-state index contributed by atoms with van der Waals surface area (Å²) in [5.41, 5.74) is 1.15. The lowest BCUT2D eigenvalue weighted by Gasteiger charge is -2.42. The van der Waals surface area contributed by atoms with Gasteiger partial charge in [0.25, 0.3) is 0 Å². The first-order chi connectivity index (χ1) is 12.9. The number of sulfonamides is 1. The second-order valence-corrected chi connectivity index (χ2v) is 8.89. The predicted molar refractivity (Wildman–Crippen MR) is 108 cm³/mol. The molecule has 0 saturated heterocycles. The lowest BCUT2D eigenvalue weighted by atomic mass is 9.67. The van der Waals surface area contributed by atoms with E-state index in [9.17, 15) is 8.42 Å². The van der Waals surface area contributed by atoms with Crippen LogP contribution in [0.4, 0.5) is 0 Å². The second-order valence-electron chi connectivity index (χ2n) is 7.00. The van der Waals surface area contributed by atoms with Crippen LogP contribution in [-0.2, 0) is 21.3 Å². The van der Waals surface area contributed by atoms with Gasteiger partial charge in [-0.25, -0.2) is 18.1 Å². The van der Waals surface area contributed by atoms with Crippen LogP contribution in [0, 0.1) is 5.41 Å². The molecule has 0 unspecified atom stereocenters. The highest BCUT2D eigenvalue weighted by Gasteiger charge is 2.36. The van der Waals surface area contributed by atoms with Crippen molar-refractivity contribution in [2.45, 2.75) is 44.0 Å². The number of guanidine groups is 1. The van der Waals surface area contributed by atoms with Crippen molar-refractivity contribution in [1.29, 1.82) is 0 Å². The monoisotopic (exact) mass is 396 g/mol. The Balaban J connectivity index is 2.02. The Morgan fingerprint density at radius 2 is 2.07 bits per heavy atom. The Bertz CT molecular complexity index is 730. The third-order valence-electron chi connectivity index (χ3n) is 5.12. The van der Waals surface area contributed by atoms with Crippen molar-refractivity contribution in [2.24, 2.45) is 10.4 Å². The van der Waals surface area contributed by atoms with E-state index in [1.165, 1.54) is 26.3 Å². The third kappa shape index (κ3) is 6.19. The van der Waals surface area contributed by atoms with Gasteiger partial charge >= 0.3 is 0 Å². The Kier molecular flexibility index (Phi) is 8.07. The van der Waals surface area contributed by atoms with Crippen molar-refractivity contribution in [3.8, 4) is 0 Å². The fraction of sp³-hybridized carbons (Fsp3) is 0.632. The zero-order valence-corrected chi connectivity index (χ0v) is 17.4. The van der Waals surface area contributed by atoms with Crippen LogP contribution in [0.15, 0.2) is 34.2 Å². The molecule has 1 saturated carbocycles. The summed E-state index contributed by atoms with van der Waals surface area (Å²) in [6.07, 6.45) is 4.75. The van der Waals surface area contributed by atoms with E-state index in [2.05, 4.69) is 20.3 Å². The number of methoxy groups -OCH3 is 1. The zero-order valence-electron chi connectivity index (χ0n) is 16.5. The van der Waals surface area contributed by atoms with Crippen molar-refractivity contribution >= 4 is 16.0 Å². The van der Waals surface area contributed by atoms with Crippen molar-refractivity contribution in [3.63, 3.8) is 0 Å². The fourth-order valence-corrected chi connectivity index (χ4v) is 4.02. The molecule has 0 radical (unpaired) electrons. The number of benzene rings is 1. The SMILES string of the molecule is CCNC(=NCc1cccc(S(=O)(=O)NC)c1)NCC1(CCOC)CCC1. The van der Waals surface area contributed by atoms with Gasteiger partial charge in [0.2, 0.25) is 10.0 Å². The quantitative estimate of drug-likeness (QED) is 0.415. The van der Waals surface area contributed by atoms with Gasteiger partial charge in [0.05, 0.1) is 11.4 Å². The number of hydrogen-bond acceptors (Lipinski definition) is 4. The average molecular weight is 397 g/mol. The van der Waals surface area contributed by atoms with Crippen LogP contribution < -0.4 is 15.4 Å². The zero-order chi connectivity index (χ0) is 19.8. The van der Waals surface area contributed by atoms with Gasteiger partial charge in [0, 0.05) is 26.8 Å². The number of aliphatic imine (C=N–C) groups is 1. The molecule has 0 amide bonds. The Labute approximate surface area is 163 Å². The smallest absolute Gasteiger partial charge is 0.240 e. The normalized spacial score (nSPS) is 16.6. The average Bonchev–Trinajstić information content (AvgIpc) is 2.65. The highest BCUT2D eigenvalue weighted by atomic mass is 32.2. The molecule has 1 aliphatic rings. The van der Waals surface area contributed by atoms with Crippen LogP contribution >= 0.6 is 0 Å². The molecule has 8 heteroatoms. The third-order valence-corrected chi connectivity index (χ3v) is 6.54.